The van der Waals surface area contributed by atoms with Crippen LogP contribution in [0.5, 0.6) is 0 Å². The van der Waals surface area contributed by atoms with Crippen molar-refractivity contribution in [3.05, 3.63) is 72.6 Å². The van der Waals surface area contributed by atoms with Gasteiger partial charge in [-0.05, 0) is 34.8 Å². The fraction of sp³-hybridized carbons (Fsp3) is 0.450. The minimum atomic E-state index is -1.17. The molecule has 4 aromatic rings. The molecule has 2 aromatic heterocycles. The minimum absolute atomic E-state index is 0.0120. The van der Waals surface area contributed by atoms with Crippen molar-refractivity contribution < 1.29 is 29.4 Å². The molecule has 0 bridgehead atoms. The van der Waals surface area contributed by atoms with Gasteiger partial charge < -0.3 is 30.8 Å². The molecule has 0 saturated carbocycles. The number of benzene rings is 2. The number of aromatic nitrogens is 4. The SMILES string of the molecule is CC(C)[C@@H](C(=O)N[C@@H](c1nc(-c2ccc(-c3ccc(-c4c[nH]c([C@H](NC(=O)[C@H](C(C)C)N(C)C(=O)O)C(C)C)n4)cc3)cc2)c[nH]1)C(C)C)N(C)C(=O)O. The number of carboxylic acid groups (broad SMARTS) is 2. The van der Waals surface area contributed by atoms with E-state index >= 15 is 0 Å². The summed E-state index contributed by atoms with van der Waals surface area (Å²) in [5, 5.41) is 25.0. The third kappa shape index (κ3) is 9.46. The first-order chi connectivity index (χ1) is 25.4. The van der Waals surface area contributed by atoms with Gasteiger partial charge in [-0.3, -0.25) is 19.4 Å². The van der Waals surface area contributed by atoms with E-state index in [2.05, 4.69) is 20.6 Å². The molecule has 0 fully saturated rings. The van der Waals surface area contributed by atoms with Crippen molar-refractivity contribution in [2.24, 2.45) is 23.7 Å². The Bertz CT molecular complexity index is 1760. The van der Waals surface area contributed by atoms with Gasteiger partial charge in [0.25, 0.3) is 0 Å². The Hall–Kier alpha value is -5.66. The lowest BCUT2D eigenvalue weighted by Crippen LogP contribution is -2.51. The van der Waals surface area contributed by atoms with Gasteiger partial charge in [-0.1, -0.05) is 104 Å². The monoisotopic (exact) mass is 742 g/mol. The van der Waals surface area contributed by atoms with Crippen LogP contribution in [-0.2, 0) is 9.59 Å². The summed E-state index contributed by atoms with van der Waals surface area (Å²) in [4.78, 5) is 67.8. The molecule has 2 heterocycles. The Morgan fingerprint density at radius 3 is 1.09 bits per heavy atom. The first-order valence-electron chi connectivity index (χ1n) is 18.2. The second-order valence-electron chi connectivity index (χ2n) is 15.1. The van der Waals surface area contributed by atoms with Gasteiger partial charge in [0.1, 0.15) is 23.7 Å². The van der Waals surface area contributed by atoms with Gasteiger partial charge >= 0.3 is 12.2 Å². The Labute approximate surface area is 316 Å². The Kier molecular flexibility index (Phi) is 13.3. The maximum Gasteiger partial charge on any atom is 0.407 e. The molecule has 0 spiro atoms. The van der Waals surface area contributed by atoms with Gasteiger partial charge in [0.05, 0.1) is 23.5 Å². The van der Waals surface area contributed by atoms with Gasteiger partial charge in [0.15, 0.2) is 0 Å². The molecule has 6 N–H and O–H groups in total. The summed E-state index contributed by atoms with van der Waals surface area (Å²) in [6.45, 7) is 15.1. The zero-order valence-electron chi connectivity index (χ0n) is 32.7. The van der Waals surface area contributed by atoms with Crippen LogP contribution in [0.4, 0.5) is 9.59 Å². The van der Waals surface area contributed by atoms with Crippen molar-refractivity contribution in [1.82, 2.24) is 40.4 Å². The van der Waals surface area contributed by atoms with Crippen LogP contribution in [0, 0.1) is 23.7 Å². The molecular weight excluding hydrogens is 688 g/mol. The zero-order chi connectivity index (χ0) is 40.0. The molecule has 0 saturated heterocycles. The number of rotatable bonds is 15. The summed E-state index contributed by atoms with van der Waals surface area (Å²) in [6.07, 6.45) is 1.27. The van der Waals surface area contributed by atoms with Gasteiger partial charge in [-0.25, -0.2) is 19.6 Å². The first kappa shape index (κ1) is 41.1. The molecule has 14 heteroatoms. The predicted molar refractivity (Wildman–Crippen MR) is 207 cm³/mol. The molecule has 0 aliphatic rings. The van der Waals surface area contributed by atoms with Crippen LogP contribution in [0.15, 0.2) is 60.9 Å². The number of hydrogen-bond donors (Lipinski definition) is 6. The number of imidazole rings is 2. The van der Waals surface area contributed by atoms with Gasteiger partial charge in [0.2, 0.25) is 11.8 Å². The number of amides is 4. The highest BCUT2D eigenvalue weighted by Gasteiger charge is 2.34. The number of nitrogens with one attached hydrogen (secondary N) is 4. The van der Waals surface area contributed by atoms with E-state index in [-0.39, 0.29) is 35.5 Å². The highest BCUT2D eigenvalue weighted by atomic mass is 16.4. The van der Waals surface area contributed by atoms with Crippen molar-refractivity contribution in [2.75, 3.05) is 14.1 Å². The maximum absolute atomic E-state index is 13.2. The molecular formula is C40H54N8O6. The number of hydrogen-bond acceptors (Lipinski definition) is 6. The topological polar surface area (TPSA) is 197 Å². The number of likely N-dealkylation sites (N-methyl/N-ethyl adjacent to an activating group) is 2. The van der Waals surface area contributed by atoms with Crippen LogP contribution in [-0.4, -0.2) is 90.1 Å². The molecule has 0 aliphatic carbocycles. The van der Waals surface area contributed by atoms with Gasteiger partial charge in [-0.15, -0.1) is 0 Å². The summed E-state index contributed by atoms with van der Waals surface area (Å²) < 4.78 is 0. The third-order valence-electron chi connectivity index (χ3n) is 9.65. The lowest BCUT2D eigenvalue weighted by Gasteiger charge is -2.30. The van der Waals surface area contributed by atoms with Crippen LogP contribution in [0.2, 0.25) is 0 Å². The summed E-state index contributed by atoms with van der Waals surface area (Å²) >= 11 is 0. The zero-order valence-corrected chi connectivity index (χ0v) is 32.7. The van der Waals surface area contributed by atoms with E-state index < -0.39 is 36.4 Å². The van der Waals surface area contributed by atoms with Crippen LogP contribution < -0.4 is 10.6 Å². The number of H-pyrrole nitrogens is 2. The first-order valence-corrected chi connectivity index (χ1v) is 18.2. The summed E-state index contributed by atoms with van der Waals surface area (Å²) in [6, 6.07) is 13.4. The van der Waals surface area contributed by atoms with Crippen LogP contribution in [0.1, 0.15) is 79.1 Å². The summed E-state index contributed by atoms with van der Waals surface area (Å²) in [5.41, 5.74) is 5.23. The van der Waals surface area contributed by atoms with Crippen molar-refractivity contribution in [3.63, 3.8) is 0 Å². The normalized spacial score (nSPS) is 13.8. The number of carbonyl (C=O) groups is 4. The van der Waals surface area contributed by atoms with Crippen molar-refractivity contribution in [1.29, 1.82) is 0 Å². The smallest absolute Gasteiger partial charge is 0.407 e. The molecule has 54 heavy (non-hydrogen) atoms. The standard InChI is InChI=1S/C40H54N8O6/c1-21(2)31(45-37(49)33(23(5)6)47(9)39(51)52)35-41-19-29(43-35)27-15-11-25(12-16-27)26-13-17-28(18-14-26)30-20-42-36(44-30)32(22(3)4)46-38(50)34(24(7)8)48(10)40(53)54/h11-24,31-34H,1-10H3,(H,41,43)(H,42,44)(H,45,49)(H,46,50)(H,51,52)(H,53,54)/t31-,32-,33+,34+/m1/s1. The molecule has 14 nitrogen and oxygen atoms in total. The van der Waals surface area contributed by atoms with Crippen LogP contribution >= 0.6 is 0 Å². The number of nitrogens with zero attached hydrogens (tertiary/aromatic N) is 4. The van der Waals surface area contributed by atoms with E-state index in [1.165, 1.54) is 14.1 Å². The number of carbonyl (C=O) groups excluding carboxylic acids is 2. The summed E-state index contributed by atoms with van der Waals surface area (Å²) in [7, 11) is 2.80. The van der Waals surface area contributed by atoms with Crippen LogP contribution in [0.25, 0.3) is 33.6 Å². The van der Waals surface area contributed by atoms with E-state index in [1.807, 2.05) is 104 Å². The second kappa shape index (κ2) is 17.4. The molecule has 4 amide bonds. The van der Waals surface area contributed by atoms with Crippen molar-refractivity contribution in [2.45, 2.75) is 79.6 Å². The maximum atomic E-state index is 13.2. The van der Waals surface area contributed by atoms with Crippen LogP contribution in [0.3, 0.4) is 0 Å². The third-order valence-corrected chi connectivity index (χ3v) is 9.65. The number of aromatic amines is 2. The highest BCUT2D eigenvalue weighted by Crippen LogP contribution is 2.29. The van der Waals surface area contributed by atoms with Crippen molar-refractivity contribution in [3.8, 4) is 33.6 Å². The fourth-order valence-corrected chi connectivity index (χ4v) is 6.62. The van der Waals surface area contributed by atoms with Gasteiger partial charge in [0, 0.05) is 37.6 Å². The molecule has 0 unspecified atom stereocenters. The van der Waals surface area contributed by atoms with E-state index in [9.17, 15) is 29.4 Å². The Balaban J connectivity index is 1.46. The average Bonchev–Trinajstić information content (AvgIpc) is 3.80. The largest absolute Gasteiger partial charge is 0.465 e. The molecule has 4 atom stereocenters. The average molecular weight is 743 g/mol. The van der Waals surface area contributed by atoms with Gasteiger partial charge in [-0.2, -0.15) is 0 Å². The molecule has 0 aliphatic heterocycles. The molecule has 0 radical (unpaired) electrons. The molecule has 290 valence electrons. The van der Waals surface area contributed by atoms with E-state index in [0.717, 1.165) is 32.1 Å². The van der Waals surface area contributed by atoms with Crippen molar-refractivity contribution >= 4 is 24.0 Å². The van der Waals surface area contributed by atoms with E-state index in [0.29, 0.717) is 23.0 Å². The fourth-order valence-electron chi connectivity index (χ4n) is 6.62. The quantitative estimate of drug-likeness (QED) is 0.0746. The van der Waals surface area contributed by atoms with E-state index in [4.69, 9.17) is 9.97 Å². The second-order valence-corrected chi connectivity index (χ2v) is 15.1. The highest BCUT2D eigenvalue weighted by molar-refractivity contribution is 5.86. The molecule has 2 aromatic carbocycles. The van der Waals surface area contributed by atoms with E-state index in [1.54, 1.807) is 12.4 Å². The predicted octanol–water partition coefficient (Wildman–Crippen LogP) is 7.03. The minimum Gasteiger partial charge on any atom is -0.465 e. The summed E-state index contributed by atoms with van der Waals surface area (Å²) in [5.74, 6) is -0.0413. The lowest BCUT2D eigenvalue weighted by atomic mass is 9.99. The lowest BCUT2D eigenvalue weighted by molar-refractivity contribution is -0.128. The Morgan fingerprint density at radius 2 is 0.833 bits per heavy atom. The molecule has 4 rings (SSSR count). The Morgan fingerprint density at radius 1 is 0.537 bits per heavy atom.